The molecule has 2 aromatic carbocycles. The maximum Gasteiger partial charge on any atom is 0.338 e. The molecule has 1 amide bonds. The SMILES string of the molecule is CCOC(=O)c1cccc(NC(=O)C(C)(C)S(=O)(=O)c2ccc(Br)cc2)c1. The zero-order chi connectivity index (χ0) is 20.2. The predicted octanol–water partition coefficient (Wildman–Crippen LogP) is 3.82. The van der Waals surface area contributed by atoms with Crippen molar-refractivity contribution in [2.75, 3.05) is 11.9 Å². The molecule has 0 radical (unpaired) electrons. The zero-order valence-electron chi connectivity index (χ0n) is 15.2. The van der Waals surface area contributed by atoms with E-state index < -0.39 is 26.5 Å². The predicted molar refractivity (Wildman–Crippen MR) is 106 cm³/mol. The minimum absolute atomic E-state index is 0.0473. The second kappa shape index (κ2) is 8.22. The Balaban J connectivity index is 2.27. The van der Waals surface area contributed by atoms with Crippen molar-refractivity contribution in [3.05, 3.63) is 58.6 Å². The van der Waals surface area contributed by atoms with Crippen LogP contribution in [0.2, 0.25) is 0 Å². The van der Waals surface area contributed by atoms with Crippen LogP contribution in [0.5, 0.6) is 0 Å². The zero-order valence-corrected chi connectivity index (χ0v) is 17.6. The summed E-state index contributed by atoms with van der Waals surface area (Å²) in [6.07, 6.45) is 0. The molecule has 2 rings (SSSR count). The third-order valence-corrected chi connectivity index (χ3v) is 6.92. The van der Waals surface area contributed by atoms with Gasteiger partial charge in [-0.25, -0.2) is 13.2 Å². The summed E-state index contributed by atoms with van der Waals surface area (Å²) in [5.74, 6) is -1.22. The van der Waals surface area contributed by atoms with E-state index in [9.17, 15) is 18.0 Å². The first-order valence-corrected chi connectivity index (χ1v) is 10.5. The van der Waals surface area contributed by atoms with Crippen LogP contribution in [0.1, 0.15) is 31.1 Å². The summed E-state index contributed by atoms with van der Waals surface area (Å²) < 4.78 is 29.8. The number of halogens is 1. The smallest absolute Gasteiger partial charge is 0.338 e. The van der Waals surface area contributed by atoms with Gasteiger partial charge in [0.15, 0.2) is 9.84 Å². The Morgan fingerprint density at radius 2 is 1.74 bits per heavy atom. The van der Waals surface area contributed by atoms with Gasteiger partial charge in [-0.05, 0) is 63.2 Å². The number of ether oxygens (including phenoxy) is 1. The van der Waals surface area contributed by atoms with Gasteiger partial charge in [0.2, 0.25) is 5.91 Å². The average Bonchev–Trinajstić information content (AvgIpc) is 2.62. The van der Waals surface area contributed by atoms with Gasteiger partial charge in [0.05, 0.1) is 17.1 Å². The van der Waals surface area contributed by atoms with E-state index in [1.54, 1.807) is 37.3 Å². The molecule has 1 N–H and O–H groups in total. The Labute approximate surface area is 167 Å². The number of amides is 1. The van der Waals surface area contributed by atoms with E-state index in [0.29, 0.717) is 5.69 Å². The molecule has 0 spiro atoms. The van der Waals surface area contributed by atoms with E-state index in [0.717, 1.165) is 4.47 Å². The van der Waals surface area contributed by atoms with Crippen LogP contribution in [0.25, 0.3) is 0 Å². The fourth-order valence-corrected chi connectivity index (χ4v) is 3.89. The van der Waals surface area contributed by atoms with Crippen molar-refractivity contribution in [3.63, 3.8) is 0 Å². The summed E-state index contributed by atoms with van der Waals surface area (Å²) in [6.45, 7) is 4.61. The second-order valence-corrected chi connectivity index (χ2v) is 9.64. The maximum absolute atomic E-state index is 12.9. The molecule has 0 fully saturated rings. The molecule has 0 saturated heterocycles. The standard InChI is InChI=1S/C19H20BrNO5S/c1-4-26-17(22)13-6-5-7-15(12-13)21-18(23)19(2,3)27(24,25)16-10-8-14(20)9-11-16/h5-12H,4H2,1-3H3,(H,21,23). The molecular formula is C19H20BrNO5S. The lowest BCUT2D eigenvalue weighted by molar-refractivity contribution is -0.117. The summed E-state index contributed by atoms with van der Waals surface area (Å²) in [4.78, 5) is 24.6. The quantitative estimate of drug-likeness (QED) is 0.671. The number of rotatable bonds is 6. The van der Waals surface area contributed by atoms with Crippen LogP contribution in [0.3, 0.4) is 0 Å². The van der Waals surface area contributed by atoms with Gasteiger partial charge in [0.1, 0.15) is 4.75 Å². The van der Waals surface area contributed by atoms with E-state index in [2.05, 4.69) is 21.2 Å². The number of esters is 1. The molecule has 27 heavy (non-hydrogen) atoms. The molecule has 0 aliphatic heterocycles. The van der Waals surface area contributed by atoms with Crippen molar-refractivity contribution in [3.8, 4) is 0 Å². The fraction of sp³-hybridized carbons (Fsp3) is 0.263. The van der Waals surface area contributed by atoms with Crippen LogP contribution in [-0.2, 0) is 19.4 Å². The normalized spacial score (nSPS) is 11.7. The molecule has 2 aromatic rings. The van der Waals surface area contributed by atoms with Gasteiger partial charge < -0.3 is 10.1 Å². The highest BCUT2D eigenvalue weighted by Gasteiger charge is 2.42. The van der Waals surface area contributed by atoms with Crippen LogP contribution < -0.4 is 5.32 Å². The van der Waals surface area contributed by atoms with Crippen molar-refractivity contribution in [1.29, 1.82) is 0 Å². The molecule has 0 bridgehead atoms. The van der Waals surface area contributed by atoms with Gasteiger partial charge in [-0.1, -0.05) is 22.0 Å². The summed E-state index contributed by atoms with van der Waals surface area (Å²) >= 11 is 3.25. The monoisotopic (exact) mass is 453 g/mol. The van der Waals surface area contributed by atoms with Crippen LogP contribution >= 0.6 is 15.9 Å². The first kappa shape index (κ1) is 21.1. The van der Waals surface area contributed by atoms with E-state index in [1.165, 1.54) is 32.0 Å². The van der Waals surface area contributed by atoms with Gasteiger partial charge in [0.25, 0.3) is 0 Å². The minimum Gasteiger partial charge on any atom is -0.462 e. The molecule has 8 heteroatoms. The lowest BCUT2D eigenvalue weighted by atomic mass is 10.1. The van der Waals surface area contributed by atoms with E-state index in [-0.39, 0.29) is 17.1 Å². The topological polar surface area (TPSA) is 89.5 Å². The average molecular weight is 454 g/mol. The summed E-state index contributed by atoms with van der Waals surface area (Å²) in [7, 11) is -3.93. The third kappa shape index (κ3) is 4.56. The van der Waals surface area contributed by atoms with Crippen molar-refractivity contribution >= 4 is 43.3 Å². The lowest BCUT2D eigenvalue weighted by Crippen LogP contribution is -2.44. The molecule has 0 aliphatic carbocycles. The van der Waals surface area contributed by atoms with Crippen LogP contribution in [0.4, 0.5) is 5.69 Å². The molecule has 0 heterocycles. The Morgan fingerprint density at radius 1 is 1.11 bits per heavy atom. The number of benzene rings is 2. The van der Waals surface area contributed by atoms with E-state index in [4.69, 9.17) is 4.74 Å². The Bertz CT molecular complexity index is 952. The fourth-order valence-electron chi connectivity index (χ4n) is 2.25. The first-order chi connectivity index (χ1) is 12.6. The van der Waals surface area contributed by atoms with Gasteiger partial charge in [-0.2, -0.15) is 0 Å². The van der Waals surface area contributed by atoms with Crippen molar-refractivity contribution in [2.45, 2.75) is 30.4 Å². The molecule has 144 valence electrons. The molecule has 6 nitrogen and oxygen atoms in total. The minimum atomic E-state index is -3.93. The Kier molecular flexibility index (Phi) is 6.43. The first-order valence-electron chi connectivity index (χ1n) is 8.18. The van der Waals surface area contributed by atoms with Crippen molar-refractivity contribution < 1.29 is 22.7 Å². The Morgan fingerprint density at radius 3 is 2.33 bits per heavy atom. The molecule has 0 atom stereocenters. The van der Waals surface area contributed by atoms with Gasteiger partial charge in [-0.3, -0.25) is 4.79 Å². The van der Waals surface area contributed by atoms with Gasteiger partial charge >= 0.3 is 5.97 Å². The molecule has 0 unspecified atom stereocenters. The number of carbonyl (C=O) groups excluding carboxylic acids is 2. The number of sulfone groups is 1. The van der Waals surface area contributed by atoms with Gasteiger partial charge in [-0.15, -0.1) is 0 Å². The largest absolute Gasteiger partial charge is 0.462 e. The Hall–Kier alpha value is -2.19. The highest BCUT2D eigenvalue weighted by atomic mass is 79.9. The van der Waals surface area contributed by atoms with Crippen molar-refractivity contribution in [2.24, 2.45) is 0 Å². The number of hydrogen-bond acceptors (Lipinski definition) is 5. The van der Waals surface area contributed by atoms with Crippen LogP contribution in [-0.4, -0.2) is 31.6 Å². The van der Waals surface area contributed by atoms with Gasteiger partial charge in [0, 0.05) is 10.2 Å². The number of nitrogens with one attached hydrogen (secondary N) is 1. The second-order valence-electron chi connectivity index (χ2n) is 6.22. The van der Waals surface area contributed by atoms with Crippen LogP contribution in [0.15, 0.2) is 57.9 Å². The van der Waals surface area contributed by atoms with Crippen molar-refractivity contribution in [1.82, 2.24) is 0 Å². The number of carbonyl (C=O) groups is 2. The number of anilines is 1. The molecule has 0 aromatic heterocycles. The molecule has 0 aliphatic rings. The highest BCUT2D eigenvalue weighted by molar-refractivity contribution is 9.10. The van der Waals surface area contributed by atoms with E-state index in [1.807, 2.05) is 0 Å². The molecule has 0 saturated carbocycles. The maximum atomic E-state index is 12.9. The third-order valence-electron chi connectivity index (χ3n) is 3.97. The number of hydrogen-bond donors (Lipinski definition) is 1. The summed E-state index contributed by atoms with van der Waals surface area (Å²) in [5.41, 5.74) is 0.577. The summed E-state index contributed by atoms with van der Waals surface area (Å²) in [6, 6.07) is 12.2. The molecular weight excluding hydrogens is 434 g/mol. The summed E-state index contributed by atoms with van der Waals surface area (Å²) in [5, 5.41) is 2.57. The van der Waals surface area contributed by atoms with E-state index >= 15 is 0 Å². The lowest BCUT2D eigenvalue weighted by Gasteiger charge is -2.24. The van der Waals surface area contributed by atoms with Crippen LogP contribution in [0, 0.1) is 0 Å². The highest BCUT2D eigenvalue weighted by Crippen LogP contribution is 2.28.